The molecule has 1 saturated carbocycles. The molecule has 1 aliphatic carbocycles. The van der Waals surface area contributed by atoms with Crippen molar-refractivity contribution in [3.8, 4) is 0 Å². The number of rotatable bonds is 3. The Hall–Kier alpha value is -1.40. The zero-order chi connectivity index (χ0) is 14.6. The van der Waals surface area contributed by atoms with E-state index in [-0.39, 0.29) is 29.7 Å². The molecule has 5 atom stereocenters. The van der Waals surface area contributed by atoms with Gasteiger partial charge in [-0.05, 0) is 31.8 Å². The van der Waals surface area contributed by atoms with Crippen LogP contribution in [0.5, 0.6) is 0 Å². The van der Waals surface area contributed by atoms with Crippen molar-refractivity contribution in [2.24, 2.45) is 11.8 Å². The molecule has 3 rings (SSSR count). The van der Waals surface area contributed by atoms with Crippen molar-refractivity contribution in [3.63, 3.8) is 0 Å². The SMILES string of the molecule is CO[C@@H]1CCC[C@@H]2C1=C(C(=O)O)N1C(=O)[C@H]([C@@H](C)O)[C@@H]21. The van der Waals surface area contributed by atoms with Gasteiger partial charge in [-0.25, -0.2) is 4.79 Å². The maximum Gasteiger partial charge on any atom is 0.352 e. The van der Waals surface area contributed by atoms with Crippen molar-refractivity contribution in [3.05, 3.63) is 11.3 Å². The molecule has 0 aromatic heterocycles. The molecular formula is C14H19NO5. The lowest BCUT2D eigenvalue weighted by Gasteiger charge is -2.47. The Kier molecular flexibility index (Phi) is 3.10. The van der Waals surface area contributed by atoms with E-state index in [1.54, 1.807) is 14.0 Å². The van der Waals surface area contributed by atoms with Gasteiger partial charge in [-0.15, -0.1) is 0 Å². The normalized spacial score (nSPS) is 37.4. The van der Waals surface area contributed by atoms with E-state index in [1.807, 2.05) is 0 Å². The van der Waals surface area contributed by atoms with E-state index >= 15 is 0 Å². The van der Waals surface area contributed by atoms with Gasteiger partial charge in [0, 0.05) is 13.0 Å². The fourth-order valence-corrected chi connectivity index (χ4v) is 4.08. The number of carbonyl (C=O) groups is 2. The number of carboxylic acids is 1. The number of fused-ring (bicyclic) bond motifs is 3. The standard InChI is InChI=1S/C14H19NO5/c1-6(16)9-11-7-4-3-5-8(20-2)10(7)12(14(18)19)15(11)13(9)17/h6-9,11,16H,3-5H2,1-2H3,(H,18,19)/t6-,7-,8-,9-,11-/m1/s1. The first-order chi connectivity index (χ1) is 9.49. The van der Waals surface area contributed by atoms with Crippen LogP contribution in [-0.2, 0) is 14.3 Å². The lowest BCUT2D eigenvalue weighted by atomic mass is 9.72. The summed E-state index contributed by atoms with van der Waals surface area (Å²) < 4.78 is 5.42. The Balaban J connectivity index is 2.04. The van der Waals surface area contributed by atoms with Gasteiger partial charge in [0.1, 0.15) is 5.70 Å². The minimum Gasteiger partial charge on any atom is -0.477 e. The molecule has 1 saturated heterocycles. The molecule has 2 N–H and O–H groups in total. The minimum atomic E-state index is -1.08. The third-order valence-electron chi connectivity index (χ3n) is 4.85. The number of nitrogens with zero attached hydrogens (tertiary/aromatic N) is 1. The molecule has 0 bridgehead atoms. The summed E-state index contributed by atoms with van der Waals surface area (Å²) in [7, 11) is 1.57. The van der Waals surface area contributed by atoms with Crippen molar-refractivity contribution >= 4 is 11.9 Å². The highest BCUT2D eigenvalue weighted by atomic mass is 16.5. The first-order valence-corrected chi connectivity index (χ1v) is 7.00. The summed E-state index contributed by atoms with van der Waals surface area (Å²) in [6, 6.07) is -0.207. The lowest BCUT2D eigenvalue weighted by Crippen LogP contribution is -2.64. The quantitative estimate of drug-likeness (QED) is 0.729. The molecule has 0 spiro atoms. The lowest BCUT2D eigenvalue weighted by molar-refractivity contribution is -0.163. The number of carboxylic acid groups (broad SMARTS) is 1. The van der Waals surface area contributed by atoms with Gasteiger partial charge in [-0.2, -0.15) is 0 Å². The highest BCUT2D eigenvalue weighted by molar-refractivity contribution is 6.00. The second-order valence-corrected chi connectivity index (χ2v) is 5.84. The fourth-order valence-electron chi connectivity index (χ4n) is 4.08. The monoisotopic (exact) mass is 281 g/mol. The van der Waals surface area contributed by atoms with Gasteiger partial charge < -0.3 is 19.8 Å². The predicted molar refractivity (Wildman–Crippen MR) is 68.6 cm³/mol. The van der Waals surface area contributed by atoms with Gasteiger partial charge in [0.25, 0.3) is 0 Å². The highest BCUT2D eigenvalue weighted by Gasteiger charge is 2.62. The Bertz CT molecular complexity index is 498. The summed E-state index contributed by atoms with van der Waals surface area (Å²) in [4.78, 5) is 25.1. The molecule has 2 fully saturated rings. The molecule has 0 unspecified atom stereocenters. The number of ether oxygens (including phenoxy) is 1. The average Bonchev–Trinajstić information content (AvgIpc) is 2.69. The molecule has 110 valence electrons. The molecule has 20 heavy (non-hydrogen) atoms. The van der Waals surface area contributed by atoms with E-state index < -0.39 is 18.0 Å². The summed E-state index contributed by atoms with van der Waals surface area (Å²) >= 11 is 0. The van der Waals surface area contributed by atoms with Gasteiger partial charge in [-0.3, -0.25) is 4.79 Å². The second kappa shape index (κ2) is 4.56. The fraction of sp³-hybridized carbons (Fsp3) is 0.714. The number of carbonyl (C=O) groups excluding carboxylic acids is 1. The van der Waals surface area contributed by atoms with Crippen molar-refractivity contribution in [1.29, 1.82) is 0 Å². The number of β-lactam (4-membered cyclic amide) rings is 1. The van der Waals surface area contributed by atoms with E-state index in [0.29, 0.717) is 0 Å². The molecule has 0 aromatic carbocycles. The van der Waals surface area contributed by atoms with Crippen LogP contribution >= 0.6 is 0 Å². The van der Waals surface area contributed by atoms with Crippen LogP contribution in [0.25, 0.3) is 0 Å². The number of amides is 1. The highest BCUT2D eigenvalue weighted by Crippen LogP contribution is 2.52. The molecule has 1 amide bonds. The first-order valence-electron chi connectivity index (χ1n) is 7.00. The van der Waals surface area contributed by atoms with Crippen molar-refractivity contribution in [1.82, 2.24) is 4.90 Å². The van der Waals surface area contributed by atoms with Crippen LogP contribution in [0.4, 0.5) is 0 Å². The maximum absolute atomic E-state index is 12.2. The molecule has 6 heteroatoms. The van der Waals surface area contributed by atoms with E-state index in [4.69, 9.17) is 4.74 Å². The van der Waals surface area contributed by atoms with Gasteiger partial charge in [-0.1, -0.05) is 0 Å². The van der Waals surface area contributed by atoms with Crippen LogP contribution in [0.2, 0.25) is 0 Å². The Morgan fingerprint density at radius 1 is 1.45 bits per heavy atom. The summed E-state index contributed by atoms with van der Waals surface area (Å²) in [5.74, 6) is -1.83. The van der Waals surface area contributed by atoms with Gasteiger partial charge in [0.15, 0.2) is 0 Å². The Morgan fingerprint density at radius 2 is 2.15 bits per heavy atom. The van der Waals surface area contributed by atoms with Crippen LogP contribution in [0.15, 0.2) is 11.3 Å². The number of hydrogen-bond donors (Lipinski definition) is 2. The number of aliphatic carboxylic acids is 1. The number of aliphatic hydroxyl groups is 1. The van der Waals surface area contributed by atoms with Crippen LogP contribution in [0, 0.1) is 11.8 Å². The molecule has 2 aliphatic heterocycles. The topological polar surface area (TPSA) is 87.1 Å². The maximum atomic E-state index is 12.2. The smallest absolute Gasteiger partial charge is 0.352 e. The Labute approximate surface area is 117 Å². The zero-order valence-corrected chi connectivity index (χ0v) is 11.6. The van der Waals surface area contributed by atoms with Gasteiger partial charge >= 0.3 is 5.97 Å². The summed E-state index contributed by atoms with van der Waals surface area (Å²) in [6.45, 7) is 1.59. The molecular weight excluding hydrogens is 262 g/mol. The van der Waals surface area contributed by atoms with Crippen molar-refractivity contribution in [2.45, 2.75) is 44.4 Å². The molecule has 3 aliphatic rings. The second-order valence-electron chi connectivity index (χ2n) is 5.84. The van der Waals surface area contributed by atoms with Crippen LogP contribution in [0.3, 0.4) is 0 Å². The van der Waals surface area contributed by atoms with Gasteiger partial charge in [0.2, 0.25) is 5.91 Å². The first kappa shape index (κ1) is 13.6. The van der Waals surface area contributed by atoms with Crippen molar-refractivity contribution in [2.75, 3.05) is 7.11 Å². The van der Waals surface area contributed by atoms with E-state index in [1.165, 1.54) is 4.90 Å². The summed E-state index contributed by atoms with van der Waals surface area (Å²) in [5, 5.41) is 19.2. The summed E-state index contributed by atoms with van der Waals surface area (Å²) in [5.41, 5.74) is 0.834. The zero-order valence-electron chi connectivity index (χ0n) is 11.6. The van der Waals surface area contributed by atoms with E-state index in [0.717, 1.165) is 24.8 Å². The number of aliphatic hydroxyl groups excluding tert-OH is 1. The average molecular weight is 281 g/mol. The largest absolute Gasteiger partial charge is 0.477 e. The minimum absolute atomic E-state index is 0.0112. The molecule has 0 radical (unpaired) electrons. The number of hydrogen-bond acceptors (Lipinski definition) is 4. The van der Waals surface area contributed by atoms with Gasteiger partial charge in [0.05, 0.1) is 24.2 Å². The van der Waals surface area contributed by atoms with Crippen LogP contribution in [-0.4, -0.2) is 52.3 Å². The van der Waals surface area contributed by atoms with Crippen LogP contribution < -0.4 is 0 Å². The van der Waals surface area contributed by atoms with Crippen LogP contribution in [0.1, 0.15) is 26.2 Å². The molecule has 2 heterocycles. The third-order valence-corrected chi connectivity index (χ3v) is 4.85. The van der Waals surface area contributed by atoms with E-state index in [2.05, 4.69) is 0 Å². The predicted octanol–water partition coefficient (Wildman–Crippen LogP) is 0.362. The third kappa shape index (κ3) is 1.58. The molecule has 0 aromatic rings. The van der Waals surface area contributed by atoms with Crippen molar-refractivity contribution < 1.29 is 24.5 Å². The Morgan fingerprint density at radius 3 is 2.70 bits per heavy atom. The van der Waals surface area contributed by atoms with E-state index in [9.17, 15) is 19.8 Å². The molecule has 6 nitrogen and oxygen atoms in total. The summed E-state index contributed by atoms with van der Waals surface area (Å²) in [6.07, 6.45) is 1.61. The number of methoxy groups -OCH3 is 1.